The van der Waals surface area contributed by atoms with Gasteiger partial charge >= 0.3 is 0 Å². The number of benzene rings is 1. The Morgan fingerprint density at radius 1 is 1.47 bits per heavy atom. The van der Waals surface area contributed by atoms with Crippen LogP contribution in [-0.4, -0.2) is 24.6 Å². The van der Waals surface area contributed by atoms with Gasteiger partial charge in [0.15, 0.2) is 0 Å². The molecule has 5 heteroatoms. The van der Waals surface area contributed by atoms with Crippen molar-refractivity contribution >= 4 is 11.4 Å². The zero-order valence-corrected chi connectivity index (χ0v) is 11.5. The molecular weight excluding hydrogens is 242 g/mol. The van der Waals surface area contributed by atoms with Gasteiger partial charge in [-0.15, -0.1) is 0 Å². The minimum Gasteiger partial charge on any atom is -0.371 e. The predicted molar refractivity (Wildman–Crippen MR) is 76.4 cm³/mol. The molecule has 104 valence electrons. The Morgan fingerprint density at radius 2 is 2.21 bits per heavy atom. The van der Waals surface area contributed by atoms with Crippen LogP contribution in [0.15, 0.2) is 18.2 Å². The molecule has 1 aliphatic rings. The van der Waals surface area contributed by atoms with Crippen LogP contribution in [0.1, 0.15) is 24.8 Å². The molecule has 2 unspecified atom stereocenters. The van der Waals surface area contributed by atoms with Crippen LogP contribution in [0.3, 0.4) is 0 Å². The molecule has 2 atom stereocenters. The second kappa shape index (κ2) is 5.57. The SMILES string of the molecule is Cc1cc([N+](=O)[O-])ccc1N(C)C1CCCC1CN. The maximum absolute atomic E-state index is 10.8. The van der Waals surface area contributed by atoms with E-state index < -0.39 is 0 Å². The molecule has 0 aromatic heterocycles. The largest absolute Gasteiger partial charge is 0.371 e. The molecule has 0 saturated heterocycles. The minimum atomic E-state index is -0.352. The van der Waals surface area contributed by atoms with Crippen LogP contribution in [0.5, 0.6) is 0 Å². The van der Waals surface area contributed by atoms with Gasteiger partial charge < -0.3 is 10.6 Å². The molecule has 2 rings (SSSR count). The average molecular weight is 263 g/mol. The van der Waals surface area contributed by atoms with E-state index >= 15 is 0 Å². The summed E-state index contributed by atoms with van der Waals surface area (Å²) in [6.07, 6.45) is 3.54. The number of hydrogen-bond donors (Lipinski definition) is 1. The first-order chi connectivity index (χ1) is 9.04. The summed E-state index contributed by atoms with van der Waals surface area (Å²) in [5.74, 6) is 0.527. The summed E-state index contributed by atoms with van der Waals surface area (Å²) in [7, 11) is 2.06. The number of nitro groups is 1. The van der Waals surface area contributed by atoms with E-state index in [-0.39, 0.29) is 10.6 Å². The molecule has 0 amide bonds. The highest BCUT2D eigenvalue weighted by atomic mass is 16.6. The Labute approximate surface area is 113 Å². The fraction of sp³-hybridized carbons (Fsp3) is 0.571. The second-order valence-electron chi connectivity index (χ2n) is 5.33. The molecule has 0 spiro atoms. The first-order valence-corrected chi connectivity index (χ1v) is 6.72. The molecule has 1 fully saturated rings. The van der Waals surface area contributed by atoms with Gasteiger partial charge in [0.1, 0.15) is 0 Å². The fourth-order valence-electron chi connectivity index (χ4n) is 3.13. The van der Waals surface area contributed by atoms with Gasteiger partial charge in [-0.25, -0.2) is 0 Å². The lowest BCUT2D eigenvalue weighted by Crippen LogP contribution is -2.38. The molecule has 5 nitrogen and oxygen atoms in total. The summed E-state index contributed by atoms with van der Waals surface area (Å²) in [6.45, 7) is 2.63. The van der Waals surface area contributed by atoms with E-state index in [1.165, 1.54) is 12.8 Å². The van der Waals surface area contributed by atoms with E-state index in [1.807, 2.05) is 13.0 Å². The molecule has 19 heavy (non-hydrogen) atoms. The molecule has 0 heterocycles. The van der Waals surface area contributed by atoms with E-state index in [2.05, 4.69) is 11.9 Å². The summed E-state index contributed by atoms with van der Waals surface area (Å²) in [4.78, 5) is 12.7. The first kappa shape index (κ1) is 13.8. The van der Waals surface area contributed by atoms with Crippen LogP contribution in [0, 0.1) is 23.0 Å². The standard InChI is InChI=1S/C14H21N3O2/c1-10-8-12(17(18)19)6-7-13(10)16(2)14-5-3-4-11(14)9-15/h6-8,11,14H,3-5,9,15H2,1-2H3. The number of nitrogens with zero attached hydrogens (tertiary/aromatic N) is 2. The normalized spacial score (nSPS) is 22.5. The van der Waals surface area contributed by atoms with Crippen LogP contribution in [-0.2, 0) is 0 Å². The predicted octanol–water partition coefficient (Wildman–Crippen LogP) is 2.47. The quantitative estimate of drug-likeness (QED) is 0.669. The molecule has 1 aliphatic carbocycles. The molecule has 1 aromatic rings. The summed E-state index contributed by atoms with van der Waals surface area (Å²) >= 11 is 0. The van der Waals surface area contributed by atoms with Crippen LogP contribution in [0.25, 0.3) is 0 Å². The van der Waals surface area contributed by atoms with Crippen molar-refractivity contribution in [3.63, 3.8) is 0 Å². The zero-order chi connectivity index (χ0) is 14.0. The third-order valence-corrected chi connectivity index (χ3v) is 4.19. The Bertz CT molecular complexity index is 476. The number of aryl methyl sites for hydroxylation is 1. The second-order valence-corrected chi connectivity index (χ2v) is 5.33. The monoisotopic (exact) mass is 263 g/mol. The number of nitrogens with two attached hydrogens (primary N) is 1. The minimum absolute atomic E-state index is 0.149. The average Bonchev–Trinajstić information content (AvgIpc) is 2.85. The molecule has 2 N–H and O–H groups in total. The molecular formula is C14H21N3O2. The first-order valence-electron chi connectivity index (χ1n) is 6.72. The van der Waals surface area contributed by atoms with Gasteiger partial charge in [-0.3, -0.25) is 10.1 Å². The Hall–Kier alpha value is -1.62. The summed E-state index contributed by atoms with van der Waals surface area (Å²) in [5.41, 5.74) is 7.99. The van der Waals surface area contributed by atoms with E-state index in [0.717, 1.165) is 17.7 Å². The number of nitro benzene ring substituents is 1. The molecule has 1 aromatic carbocycles. The third kappa shape index (κ3) is 2.71. The summed E-state index contributed by atoms with van der Waals surface area (Å²) in [6, 6.07) is 5.51. The lowest BCUT2D eigenvalue weighted by atomic mass is 10.0. The van der Waals surface area contributed by atoms with Crippen molar-refractivity contribution in [2.24, 2.45) is 11.7 Å². The van der Waals surface area contributed by atoms with Gasteiger partial charge in [0.05, 0.1) is 4.92 Å². The Kier molecular flexibility index (Phi) is 4.04. The van der Waals surface area contributed by atoms with Crippen LogP contribution in [0.4, 0.5) is 11.4 Å². The topological polar surface area (TPSA) is 72.4 Å². The lowest BCUT2D eigenvalue weighted by molar-refractivity contribution is -0.384. The third-order valence-electron chi connectivity index (χ3n) is 4.19. The van der Waals surface area contributed by atoms with Gasteiger partial charge in [0, 0.05) is 30.9 Å². The zero-order valence-electron chi connectivity index (χ0n) is 11.5. The van der Waals surface area contributed by atoms with Crippen LogP contribution in [0.2, 0.25) is 0 Å². The maximum Gasteiger partial charge on any atom is 0.269 e. The maximum atomic E-state index is 10.8. The van der Waals surface area contributed by atoms with Crippen molar-refractivity contribution in [2.45, 2.75) is 32.2 Å². The summed E-state index contributed by atoms with van der Waals surface area (Å²) in [5, 5.41) is 10.8. The van der Waals surface area contributed by atoms with Gasteiger partial charge in [0.2, 0.25) is 0 Å². The highest BCUT2D eigenvalue weighted by Crippen LogP contribution is 2.33. The van der Waals surface area contributed by atoms with E-state index in [1.54, 1.807) is 12.1 Å². The van der Waals surface area contributed by atoms with Gasteiger partial charge in [0.25, 0.3) is 5.69 Å². The summed E-state index contributed by atoms with van der Waals surface area (Å²) < 4.78 is 0. The Balaban J connectivity index is 2.24. The number of rotatable bonds is 4. The fourth-order valence-corrected chi connectivity index (χ4v) is 3.13. The smallest absolute Gasteiger partial charge is 0.269 e. The van der Waals surface area contributed by atoms with E-state index in [9.17, 15) is 10.1 Å². The van der Waals surface area contributed by atoms with E-state index in [4.69, 9.17) is 5.73 Å². The number of non-ortho nitro benzene ring substituents is 1. The van der Waals surface area contributed by atoms with Gasteiger partial charge in [-0.2, -0.15) is 0 Å². The van der Waals surface area contributed by atoms with Gasteiger partial charge in [-0.05, 0) is 43.9 Å². The molecule has 0 aliphatic heterocycles. The van der Waals surface area contributed by atoms with Crippen LogP contribution < -0.4 is 10.6 Å². The van der Waals surface area contributed by atoms with Crippen molar-refractivity contribution in [2.75, 3.05) is 18.5 Å². The van der Waals surface area contributed by atoms with Crippen molar-refractivity contribution in [3.8, 4) is 0 Å². The van der Waals surface area contributed by atoms with Crippen molar-refractivity contribution in [3.05, 3.63) is 33.9 Å². The van der Waals surface area contributed by atoms with Crippen molar-refractivity contribution in [1.82, 2.24) is 0 Å². The van der Waals surface area contributed by atoms with Crippen molar-refractivity contribution in [1.29, 1.82) is 0 Å². The molecule has 0 bridgehead atoms. The highest BCUT2D eigenvalue weighted by Gasteiger charge is 2.30. The highest BCUT2D eigenvalue weighted by molar-refractivity contribution is 5.57. The van der Waals surface area contributed by atoms with Gasteiger partial charge in [-0.1, -0.05) is 6.42 Å². The number of anilines is 1. The Morgan fingerprint density at radius 3 is 2.79 bits per heavy atom. The number of hydrogen-bond acceptors (Lipinski definition) is 4. The van der Waals surface area contributed by atoms with E-state index in [0.29, 0.717) is 18.5 Å². The van der Waals surface area contributed by atoms with Crippen LogP contribution >= 0.6 is 0 Å². The van der Waals surface area contributed by atoms with Crippen molar-refractivity contribution < 1.29 is 4.92 Å². The lowest BCUT2D eigenvalue weighted by Gasteiger charge is -2.32. The molecule has 0 radical (unpaired) electrons. The molecule has 1 saturated carbocycles.